The fraction of sp³-hybridized carbons (Fsp3) is 0.375. The normalized spacial score (nSPS) is 11.2. The summed E-state index contributed by atoms with van der Waals surface area (Å²) in [5, 5.41) is 3.03. The molecule has 0 unspecified atom stereocenters. The fourth-order valence-corrected chi connectivity index (χ4v) is 2.84. The topological polar surface area (TPSA) is 29.1 Å². The Balaban J connectivity index is 2.11. The first kappa shape index (κ1) is 20.0. The third kappa shape index (κ3) is 4.85. The van der Waals surface area contributed by atoms with E-state index in [1.54, 1.807) is 0 Å². The van der Waals surface area contributed by atoms with Crippen molar-refractivity contribution in [3.63, 3.8) is 0 Å². The summed E-state index contributed by atoms with van der Waals surface area (Å²) in [6.45, 7) is 15.5. The van der Waals surface area contributed by atoms with Gasteiger partial charge in [0.05, 0.1) is 0 Å². The Kier molecular flexibility index (Phi) is 6.07. The van der Waals surface area contributed by atoms with Crippen molar-refractivity contribution in [3.8, 4) is 0 Å². The van der Waals surface area contributed by atoms with Crippen LogP contribution in [0.4, 0.5) is 0 Å². The van der Waals surface area contributed by atoms with Crippen molar-refractivity contribution in [2.45, 2.75) is 60.4 Å². The molecule has 0 saturated carbocycles. The van der Waals surface area contributed by atoms with Gasteiger partial charge in [-0.15, -0.1) is 0 Å². The molecule has 2 aromatic carbocycles. The first-order valence-electron chi connectivity index (χ1n) is 9.22. The number of nitrogens with one attached hydrogen (secondary N) is 1. The zero-order valence-electron chi connectivity index (χ0n) is 17.2. The molecule has 0 atom stereocenters. The smallest absolute Gasteiger partial charge is 0.251 e. The lowest BCUT2D eigenvalue weighted by Crippen LogP contribution is -2.23. The van der Waals surface area contributed by atoms with Crippen LogP contribution in [0.1, 0.15) is 74.2 Å². The van der Waals surface area contributed by atoms with E-state index in [2.05, 4.69) is 78.0 Å². The molecule has 138 valence electrons. The second kappa shape index (κ2) is 7.90. The second-order valence-electron chi connectivity index (χ2n) is 8.28. The van der Waals surface area contributed by atoms with Crippen LogP contribution in [0.3, 0.4) is 0 Å². The van der Waals surface area contributed by atoms with Crippen LogP contribution in [0.25, 0.3) is 5.57 Å². The maximum atomic E-state index is 12.6. The quantitative estimate of drug-likeness (QED) is 0.717. The van der Waals surface area contributed by atoms with Gasteiger partial charge in [-0.1, -0.05) is 56.7 Å². The number of carbonyl (C=O) groups is 1. The Morgan fingerprint density at radius 1 is 0.962 bits per heavy atom. The monoisotopic (exact) mass is 349 g/mol. The summed E-state index contributed by atoms with van der Waals surface area (Å²) < 4.78 is 0. The highest BCUT2D eigenvalue weighted by Crippen LogP contribution is 2.24. The van der Waals surface area contributed by atoms with Gasteiger partial charge in [-0.05, 0) is 73.1 Å². The van der Waals surface area contributed by atoms with Crippen LogP contribution in [0.2, 0.25) is 0 Å². The van der Waals surface area contributed by atoms with Gasteiger partial charge < -0.3 is 5.32 Å². The maximum Gasteiger partial charge on any atom is 0.251 e. The van der Waals surface area contributed by atoms with Gasteiger partial charge in [0, 0.05) is 12.1 Å². The van der Waals surface area contributed by atoms with E-state index in [-0.39, 0.29) is 11.3 Å². The number of rotatable bonds is 4. The SMILES string of the molecule is CC(C)=C(C)c1cc(C(=O)NCc2ccc(C(C)(C)C)cc2)ccc1C. The number of hydrogen-bond acceptors (Lipinski definition) is 1. The highest BCUT2D eigenvalue weighted by Gasteiger charge is 2.13. The molecule has 2 rings (SSSR count). The molecule has 2 nitrogen and oxygen atoms in total. The van der Waals surface area contributed by atoms with E-state index in [4.69, 9.17) is 0 Å². The zero-order chi connectivity index (χ0) is 19.5. The molecule has 0 saturated heterocycles. The number of amides is 1. The van der Waals surface area contributed by atoms with E-state index in [1.807, 2.05) is 18.2 Å². The molecule has 0 aromatic heterocycles. The van der Waals surface area contributed by atoms with E-state index in [9.17, 15) is 4.79 Å². The molecule has 0 aliphatic rings. The van der Waals surface area contributed by atoms with Crippen molar-refractivity contribution < 1.29 is 4.79 Å². The van der Waals surface area contributed by atoms with Crippen LogP contribution in [0.15, 0.2) is 48.0 Å². The Hall–Kier alpha value is -2.35. The average Bonchev–Trinajstić information content (AvgIpc) is 2.59. The van der Waals surface area contributed by atoms with Crippen LogP contribution in [-0.2, 0) is 12.0 Å². The summed E-state index contributed by atoms with van der Waals surface area (Å²) in [6.07, 6.45) is 0. The van der Waals surface area contributed by atoms with Crippen molar-refractivity contribution in [3.05, 3.63) is 75.9 Å². The summed E-state index contributed by atoms with van der Waals surface area (Å²) in [5.41, 5.74) is 8.09. The van der Waals surface area contributed by atoms with Crippen molar-refractivity contribution in [2.75, 3.05) is 0 Å². The Bertz CT molecular complexity index is 816. The largest absolute Gasteiger partial charge is 0.348 e. The number of allylic oxidation sites excluding steroid dienone is 2. The molecule has 26 heavy (non-hydrogen) atoms. The molecule has 0 fully saturated rings. The summed E-state index contributed by atoms with van der Waals surface area (Å²) >= 11 is 0. The molecular formula is C24H31NO. The number of hydrogen-bond donors (Lipinski definition) is 1. The first-order valence-corrected chi connectivity index (χ1v) is 9.22. The van der Waals surface area contributed by atoms with Crippen LogP contribution >= 0.6 is 0 Å². The highest BCUT2D eigenvalue weighted by atomic mass is 16.1. The standard InChI is InChI=1S/C24H31NO/c1-16(2)18(4)22-14-20(11-8-17(22)3)23(26)25-15-19-9-12-21(13-10-19)24(5,6)7/h8-14H,15H2,1-7H3,(H,25,26). The molecular weight excluding hydrogens is 318 g/mol. The molecule has 2 aromatic rings. The summed E-state index contributed by atoms with van der Waals surface area (Å²) in [7, 11) is 0. The number of aryl methyl sites for hydroxylation is 1. The van der Waals surface area contributed by atoms with Crippen LogP contribution in [0.5, 0.6) is 0 Å². The predicted molar refractivity (Wildman–Crippen MR) is 111 cm³/mol. The average molecular weight is 350 g/mol. The fourth-order valence-electron chi connectivity index (χ4n) is 2.84. The lowest BCUT2D eigenvalue weighted by molar-refractivity contribution is 0.0951. The van der Waals surface area contributed by atoms with Gasteiger partial charge in [0.1, 0.15) is 0 Å². The molecule has 0 aliphatic heterocycles. The summed E-state index contributed by atoms with van der Waals surface area (Å²) in [4.78, 5) is 12.6. The zero-order valence-corrected chi connectivity index (χ0v) is 17.2. The summed E-state index contributed by atoms with van der Waals surface area (Å²) in [6, 6.07) is 14.4. The molecule has 0 heterocycles. The third-order valence-corrected chi connectivity index (χ3v) is 4.93. The third-order valence-electron chi connectivity index (χ3n) is 4.93. The maximum absolute atomic E-state index is 12.6. The van der Waals surface area contributed by atoms with Gasteiger partial charge in [0.25, 0.3) is 5.91 Å². The first-order chi connectivity index (χ1) is 12.1. The van der Waals surface area contributed by atoms with Gasteiger partial charge in [-0.2, -0.15) is 0 Å². The Morgan fingerprint density at radius 3 is 2.12 bits per heavy atom. The predicted octanol–water partition coefficient (Wildman–Crippen LogP) is 6.04. The molecule has 2 heteroatoms. The lowest BCUT2D eigenvalue weighted by Gasteiger charge is -2.19. The lowest BCUT2D eigenvalue weighted by atomic mass is 9.87. The van der Waals surface area contributed by atoms with Crippen LogP contribution in [-0.4, -0.2) is 5.91 Å². The van der Waals surface area contributed by atoms with Crippen molar-refractivity contribution >= 4 is 11.5 Å². The minimum absolute atomic E-state index is 0.0345. The van der Waals surface area contributed by atoms with Gasteiger partial charge in [0.15, 0.2) is 0 Å². The van der Waals surface area contributed by atoms with E-state index in [0.29, 0.717) is 12.1 Å². The number of carbonyl (C=O) groups excluding carboxylic acids is 1. The van der Waals surface area contributed by atoms with Gasteiger partial charge in [0.2, 0.25) is 0 Å². The highest BCUT2D eigenvalue weighted by molar-refractivity contribution is 5.95. The van der Waals surface area contributed by atoms with E-state index in [0.717, 1.165) is 11.1 Å². The van der Waals surface area contributed by atoms with Gasteiger partial charge >= 0.3 is 0 Å². The van der Waals surface area contributed by atoms with Crippen molar-refractivity contribution in [1.29, 1.82) is 0 Å². The van der Waals surface area contributed by atoms with Gasteiger partial charge in [-0.3, -0.25) is 4.79 Å². The van der Waals surface area contributed by atoms with E-state index in [1.165, 1.54) is 22.3 Å². The van der Waals surface area contributed by atoms with E-state index < -0.39 is 0 Å². The van der Waals surface area contributed by atoms with Crippen molar-refractivity contribution in [2.24, 2.45) is 0 Å². The van der Waals surface area contributed by atoms with Gasteiger partial charge in [-0.25, -0.2) is 0 Å². The summed E-state index contributed by atoms with van der Waals surface area (Å²) in [5.74, 6) is -0.0345. The van der Waals surface area contributed by atoms with Crippen LogP contribution in [0, 0.1) is 6.92 Å². The molecule has 0 aliphatic carbocycles. The second-order valence-corrected chi connectivity index (χ2v) is 8.28. The molecule has 0 bridgehead atoms. The minimum Gasteiger partial charge on any atom is -0.348 e. The Labute approximate surface area is 158 Å². The minimum atomic E-state index is -0.0345. The molecule has 1 amide bonds. The molecule has 1 N–H and O–H groups in total. The van der Waals surface area contributed by atoms with Crippen molar-refractivity contribution in [1.82, 2.24) is 5.32 Å². The molecule has 0 spiro atoms. The van der Waals surface area contributed by atoms with E-state index >= 15 is 0 Å². The molecule has 0 radical (unpaired) electrons. The number of benzene rings is 2. The van der Waals surface area contributed by atoms with Crippen LogP contribution < -0.4 is 5.32 Å². The Morgan fingerprint density at radius 2 is 1.58 bits per heavy atom.